The fraction of sp³-hybridized carbons (Fsp3) is 0.381. The number of hydrogen-bond donors (Lipinski definition) is 1. The summed E-state index contributed by atoms with van der Waals surface area (Å²) in [5, 5.41) is 2.79. The lowest BCUT2D eigenvalue weighted by Gasteiger charge is -2.35. The van der Waals surface area contributed by atoms with Crippen molar-refractivity contribution >= 4 is 5.91 Å². The third-order valence-electron chi connectivity index (χ3n) is 4.91. The largest absolute Gasteiger partial charge is 0.416 e. The van der Waals surface area contributed by atoms with Gasteiger partial charge in [-0.05, 0) is 29.3 Å². The highest BCUT2D eigenvalue weighted by atomic mass is 19.4. The van der Waals surface area contributed by atoms with E-state index in [1.54, 1.807) is 18.2 Å². The van der Waals surface area contributed by atoms with Crippen LogP contribution in [0.2, 0.25) is 0 Å². The van der Waals surface area contributed by atoms with Gasteiger partial charge in [-0.3, -0.25) is 9.69 Å². The van der Waals surface area contributed by atoms with E-state index >= 15 is 0 Å². The molecule has 0 saturated carbocycles. The Bertz CT molecular complexity index is 818. The highest BCUT2D eigenvalue weighted by molar-refractivity contribution is 5.78. The molecule has 1 unspecified atom stereocenters. The summed E-state index contributed by atoms with van der Waals surface area (Å²) in [6.07, 6.45) is -4.50. The van der Waals surface area contributed by atoms with Gasteiger partial charge in [0.15, 0.2) is 0 Å². The fourth-order valence-electron chi connectivity index (χ4n) is 3.33. The Hall–Kier alpha value is -2.45. The first-order chi connectivity index (χ1) is 13.8. The third kappa shape index (κ3) is 5.77. The van der Waals surface area contributed by atoms with E-state index in [9.17, 15) is 22.4 Å². The first kappa shape index (κ1) is 21.3. The first-order valence-electron chi connectivity index (χ1n) is 9.33. The van der Waals surface area contributed by atoms with E-state index in [-0.39, 0.29) is 24.9 Å². The topological polar surface area (TPSA) is 41.6 Å². The van der Waals surface area contributed by atoms with Crippen molar-refractivity contribution in [1.82, 2.24) is 10.2 Å². The van der Waals surface area contributed by atoms with Gasteiger partial charge in [-0.15, -0.1) is 0 Å². The summed E-state index contributed by atoms with van der Waals surface area (Å²) in [7, 11) is 0. The van der Waals surface area contributed by atoms with E-state index in [2.05, 4.69) is 10.2 Å². The Morgan fingerprint density at radius 1 is 1.07 bits per heavy atom. The molecule has 4 nitrogen and oxygen atoms in total. The zero-order valence-corrected chi connectivity index (χ0v) is 15.7. The zero-order chi connectivity index (χ0) is 20.9. The van der Waals surface area contributed by atoms with Crippen molar-refractivity contribution in [2.45, 2.75) is 18.6 Å². The highest BCUT2D eigenvalue weighted by Crippen LogP contribution is 2.31. The fourth-order valence-corrected chi connectivity index (χ4v) is 3.33. The van der Waals surface area contributed by atoms with Crippen molar-refractivity contribution in [1.29, 1.82) is 0 Å². The number of morpholine rings is 1. The summed E-state index contributed by atoms with van der Waals surface area (Å²) >= 11 is 0. The lowest BCUT2D eigenvalue weighted by atomic mass is 10.0. The number of carbonyl (C=O) groups is 1. The van der Waals surface area contributed by atoms with Crippen molar-refractivity contribution in [3.63, 3.8) is 0 Å². The van der Waals surface area contributed by atoms with Crippen LogP contribution in [0.4, 0.5) is 17.6 Å². The molecule has 156 valence electrons. The van der Waals surface area contributed by atoms with E-state index in [0.717, 1.165) is 12.1 Å². The van der Waals surface area contributed by atoms with Gasteiger partial charge >= 0.3 is 6.18 Å². The van der Waals surface area contributed by atoms with Crippen molar-refractivity contribution in [3.05, 3.63) is 71.0 Å². The molecule has 1 N–H and O–H groups in total. The molecule has 1 fully saturated rings. The minimum atomic E-state index is -4.40. The molecule has 1 amide bonds. The predicted molar refractivity (Wildman–Crippen MR) is 99.7 cm³/mol. The Morgan fingerprint density at radius 3 is 2.34 bits per heavy atom. The summed E-state index contributed by atoms with van der Waals surface area (Å²) in [6, 6.07) is 10.7. The van der Waals surface area contributed by atoms with Gasteiger partial charge in [0.05, 0.1) is 31.2 Å². The zero-order valence-electron chi connectivity index (χ0n) is 15.7. The maximum Gasteiger partial charge on any atom is 0.416 e. The Morgan fingerprint density at radius 2 is 1.72 bits per heavy atom. The van der Waals surface area contributed by atoms with Crippen LogP contribution in [0.25, 0.3) is 0 Å². The molecule has 0 radical (unpaired) electrons. The minimum Gasteiger partial charge on any atom is -0.379 e. The molecular weight excluding hydrogens is 388 g/mol. The quantitative estimate of drug-likeness (QED) is 0.741. The third-order valence-corrected chi connectivity index (χ3v) is 4.91. The summed E-state index contributed by atoms with van der Waals surface area (Å²) in [4.78, 5) is 14.4. The second kappa shape index (κ2) is 9.37. The van der Waals surface area contributed by atoms with E-state index in [4.69, 9.17) is 4.74 Å². The minimum absolute atomic E-state index is 0.102. The lowest BCUT2D eigenvalue weighted by Crippen LogP contribution is -2.44. The molecule has 1 aliphatic heterocycles. The van der Waals surface area contributed by atoms with Crippen molar-refractivity contribution in [3.8, 4) is 0 Å². The average Bonchev–Trinajstić information content (AvgIpc) is 2.70. The van der Waals surface area contributed by atoms with E-state index in [0.29, 0.717) is 37.4 Å². The Labute approximate surface area is 166 Å². The van der Waals surface area contributed by atoms with Crippen LogP contribution in [-0.2, 0) is 22.1 Å². The van der Waals surface area contributed by atoms with Crippen molar-refractivity contribution in [2.24, 2.45) is 0 Å². The van der Waals surface area contributed by atoms with Crippen LogP contribution in [0.3, 0.4) is 0 Å². The molecule has 8 heteroatoms. The van der Waals surface area contributed by atoms with Crippen LogP contribution in [0, 0.1) is 5.82 Å². The number of alkyl halides is 3. The number of carbonyl (C=O) groups excluding carboxylic acids is 1. The van der Waals surface area contributed by atoms with Crippen LogP contribution in [0.15, 0.2) is 48.5 Å². The molecule has 1 atom stereocenters. The van der Waals surface area contributed by atoms with Crippen LogP contribution < -0.4 is 5.32 Å². The van der Waals surface area contributed by atoms with Gasteiger partial charge in [0.2, 0.25) is 5.91 Å². The highest BCUT2D eigenvalue weighted by Gasteiger charge is 2.31. The van der Waals surface area contributed by atoms with E-state index in [1.807, 2.05) is 0 Å². The summed E-state index contributed by atoms with van der Waals surface area (Å²) in [5.74, 6) is -0.796. The number of nitrogens with zero attached hydrogens (tertiary/aromatic N) is 1. The second-order valence-electron chi connectivity index (χ2n) is 6.86. The molecule has 2 aromatic carbocycles. The number of ether oxygens (including phenoxy) is 1. The van der Waals surface area contributed by atoms with Crippen LogP contribution >= 0.6 is 0 Å². The summed E-state index contributed by atoms with van der Waals surface area (Å²) in [5.41, 5.74) is 0.249. The molecular formula is C21H22F4N2O2. The summed E-state index contributed by atoms with van der Waals surface area (Å²) < 4.78 is 57.7. The second-order valence-corrected chi connectivity index (χ2v) is 6.86. The molecule has 29 heavy (non-hydrogen) atoms. The van der Waals surface area contributed by atoms with Crippen LogP contribution in [-0.4, -0.2) is 43.7 Å². The normalized spacial score (nSPS) is 16.4. The standard InChI is InChI=1S/C21H22F4N2O2/c22-18-4-2-1-3-16(18)13-20(28)26-14-19(27-9-11-29-12-10-27)15-5-7-17(8-6-15)21(23,24)25/h1-8,19H,9-14H2,(H,26,28). The summed E-state index contributed by atoms with van der Waals surface area (Å²) in [6.45, 7) is 2.45. The number of halogens is 4. The molecule has 1 heterocycles. The number of benzene rings is 2. The Balaban J connectivity index is 1.70. The molecule has 3 rings (SSSR count). The van der Waals surface area contributed by atoms with E-state index < -0.39 is 17.6 Å². The molecule has 1 aliphatic rings. The lowest BCUT2D eigenvalue weighted by molar-refractivity contribution is -0.137. The Kier molecular flexibility index (Phi) is 6.87. The maximum atomic E-state index is 13.7. The van der Waals surface area contributed by atoms with Crippen molar-refractivity contribution < 1.29 is 27.1 Å². The van der Waals surface area contributed by atoms with Gasteiger partial charge in [-0.2, -0.15) is 13.2 Å². The number of hydrogen-bond acceptors (Lipinski definition) is 3. The average molecular weight is 410 g/mol. The molecule has 0 bridgehead atoms. The van der Waals surface area contributed by atoms with Gasteiger partial charge in [0.1, 0.15) is 5.82 Å². The molecule has 0 aromatic heterocycles. The predicted octanol–water partition coefficient (Wildman–Crippen LogP) is 3.58. The molecule has 0 aliphatic carbocycles. The van der Waals surface area contributed by atoms with Gasteiger partial charge in [-0.25, -0.2) is 4.39 Å². The number of amides is 1. The van der Waals surface area contributed by atoms with E-state index in [1.165, 1.54) is 18.2 Å². The van der Waals surface area contributed by atoms with Gasteiger partial charge in [-0.1, -0.05) is 30.3 Å². The van der Waals surface area contributed by atoms with Gasteiger partial charge < -0.3 is 10.1 Å². The smallest absolute Gasteiger partial charge is 0.379 e. The SMILES string of the molecule is O=C(Cc1ccccc1F)NCC(c1ccc(C(F)(F)F)cc1)N1CCOCC1. The van der Waals surface area contributed by atoms with Crippen LogP contribution in [0.5, 0.6) is 0 Å². The maximum absolute atomic E-state index is 13.7. The number of nitrogens with one attached hydrogen (secondary N) is 1. The molecule has 2 aromatic rings. The number of rotatable bonds is 6. The molecule has 1 saturated heterocycles. The van der Waals surface area contributed by atoms with Gasteiger partial charge in [0, 0.05) is 19.6 Å². The van der Waals surface area contributed by atoms with Gasteiger partial charge in [0.25, 0.3) is 0 Å². The van der Waals surface area contributed by atoms with Crippen LogP contribution in [0.1, 0.15) is 22.7 Å². The monoisotopic (exact) mass is 410 g/mol. The molecule has 0 spiro atoms. The van der Waals surface area contributed by atoms with Crippen molar-refractivity contribution in [2.75, 3.05) is 32.8 Å². The first-order valence-corrected chi connectivity index (χ1v) is 9.33.